The lowest BCUT2D eigenvalue weighted by Crippen LogP contribution is -2.04. The van der Waals surface area contributed by atoms with E-state index in [1.54, 1.807) is 7.11 Å². The molecule has 1 aliphatic carbocycles. The smallest absolute Gasteiger partial charge is 0.234 e. The summed E-state index contributed by atoms with van der Waals surface area (Å²) >= 11 is 0. The molecule has 0 bridgehead atoms. The van der Waals surface area contributed by atoms with Gasteiger partial charge in [0.2, 0.25) is 5.89 Å². The first-order valence-electron chi connectivity index (χ1n) is 4.62. The highest BCUT2D eigenvalue weighted by Gasteiger charge is 2.30. The van der Waals surface area contributed by atoms with Gasteiger partial charge in [0.05, 0.1) is 6.42 Å². The Hall–Kier alpha value is -1.23. The minimum absolute atomic E-state index is 0.206. The van der Waals surface area contributed by atoms with E-state index >= 15 is 0 Å². The first-order chi connectivity index (χ1) is 6.79. The number of nitrogens with zero attached hydrogens (tertiary/aromatic N) is 2. The summed E-state index contributed by atoms with van der Waals surface area (Å²) in [7, 11) is 1.56. The van der Waals surface area contributed by atoms with E-state index in [0.717, 1.165) is 12.8 Å². The van der Waals surface area contributed by atoms with E-state index in [2.05, 4.69) is 10.1 Å². The summed E-state index contributed by atoms with van der Waals surface area (Å²) in [6.07, 6.45) is 2.29. The van der Waals surface area contributed by atoms with Crippen LogP contribution in [0.1, 0.15) is 24.6 Å². The van der Waals surface area contributed by atoms with Crippen molar-refractivity contribution in [3.05, 3.63) is 11.7 Å². The van der Waals surface area contributed by atoms with Crippen molar-refractivity contribution in [2.75, 3.05) is 7.11 Å². The van der Waals surface area contributed by atoms with Crippen molar-refractivity contribution in [2.24, 2.45) is 5.92 Å². The summed E-state index contributed by atoms with van der Waals surface area (Å²) in [4.78, 5) is 15.4. The first kappa shape index (κ1) is 9.33. The number of carbonyl (C=O) groups excluding carboxylic acids is 1. The minimum Gasteiger partial charge on any atom is -0.377 e. The molecule has 5 nitrogen and oxygen atoms in total. The zero-order valence-electron chi connectivity index (χ0n) is 8.02. The summed E-state index contributed by atoms with van der Waals surface area (Å²) < 4.78 is 9.74. The molecule has 0 amide bonds. The lowest BCUT2D eigenvalue weighted by Gasteiger charge is -1.90. The van der Waals surface area contributed by atoms with Crippen molar-refractivity contribution in [1.29, 1.82) is 0 Å². The van der Waals surface area contributed by atoms with Crippen molar-refractivity contribution in [3.8, 4) is 0 Å². The van der Waals surface area contributed by atoms with E-state index in [1.165, 1.54) is 0 Å². The zero-order chi connectivity index (χ0) is 9.97. The van der Waals surface area contributed by atoms with Crippen LogP contribution in [0.15, 0.2) is 4.52 Å². The average molecular weight is 196 g/mol. The number of ether oxygens (including phenoxy) is 1. The van der Waals surface area contributed by atoms with Gasteiger partial charge in [-0.1, -0.05) is 5.16 Å². The molecular formula is C9H12N2O3. The number of carbonyl (C=O) groups is 1. The standard InChI is InChI=1S/C9H12N2O3/c1-13-5-8-10-9(14-11-8)4-7(12)6-2-3-6/h6H,2-5H2,1H3. The fraction of sp³-hybridized carbons (Fsp3) is 0.667. The molecule has 0 atom stereocenters. The summed E-state index contributed by atoms with van der Waals surface area (Å²) in [6, 6.07) is 0. The average Bonchev–Trinajstić information content (AvgIpc) is 2.92. The van der Waals surface area contributed by atoms with Gasteiger partial charge in [-0.2, -0.15) is 4.98 Å². The van der Waals surface area contributed by atoms with Crippen molar-refractivity contribution in [3.63, 3.8) is 0 Å². The Balaban J connectivity index is 1.91. The Labute approximate surface area is 81.4 Å². The number of methoxy groups -OCH3 is 1. The summed E-state index contributed by atoms with van der Waals surface area (Å²) in [6.45, 7) is 0.321. The van der Waals surface area contributed by atoms with Gasteiger partial charge >= 0.3 is 0 Å². The van der Waals surface area contributed by atoms with Gasteiger partial charge in [-0.05, 0) is 12.8 Å². The Morgan fingerprint density at radius 3 is 3.07 bits per heavy atom. The van der Waals surface area contributed by atoms with Crippen LogP contribution in [0.5, 0.6) is 0 Å². The van der Waals surface area contributed by atoms with Crippen LogP contribution in [0.2, 0.25) is 0 Å². The molecule has 1 fully saturated rings. The predicted octanol–water partition coefficient (Wildman–Crippen LogP) is 0.738. The second-order valence-corrected chi connectivity index (χ2v) is 3.45. The molecule has 1 aliphatic rings. The topological polar surface area (TPSA) is 65.2 Å². The summed E-state index contributed by atoms with van der Waals surface area (Å²) in [5.41, 5.74) is 0. The van der Waals surface area contributed by atoms with Crippen molar-refractivity contribution in [1.82, 2.24) is 10.1 Å². The molecule has 1 heterocycles. The van der Waals surface area contributed by atoms with Crippen LogP contribution >= 0.6 is 0 Å². The van der Waals surface area contributed by atoms with Gasteiger partial charge in [-0.3, -0.25) is 4.79 Å². The Bertz CT molecular complexity index is 331. The van der Waals surface area contributed by atoms with Crippen LogP contribution in [0.4, 0.5) is 0 Å². The third-order valence-electron chi connectivity index (χ3n) is 2.14. The van der Waals surface area contributed by atoms with Gasteiger partial charge in [0.15, 0.2) is 5.82 Å². The second-order valence-electron chi connectivity index (χ2n) is 3.45. The highest BCUT2D eigenvalue weighted by atomic mass is 16.5. The molecule has 0 radical (unpaired) electrons. The lowest BCUT2D eigenvalue weighted by molar-refractivity contribution is -0.119. The molecule has 0 N–H and O–H groups in total. The molecule has 0 spiro atoms. The summed E-state index contributed by atoms with van der Waals surface area (Å²) in [5.74, 6) is 1.34. The Morgan fingerprint density at radius 1 is 1.64 bits per heavy atom. The largest absolute Gasteiger partial charge is 0.377 e. The molecule has 0 aromatic carbocycles. The predicted molar refractivity (Wildman–Crippen MR) is 46.4 cm³/mol. The number of ketones is 1. The monoisotopic (exact) mass is 196 g/mol. The van der Waals surface area contributed by atoms with E-state index in [1.807, 2.05) is 0 Å². The SMILES string of the molecule is COCc1noc(CC(=O)C2CC2)n1. The van der Waals surface area contributed by atoms with E-state index in [-0.39, 0.29) is 18.1 Å². The van der Waals surface area contributed by atoms with Crippen molar-refractivity contribution >= 4 is 5.78 Å². The number of rotatable bonds is 5. The lowest BCUT2D eigenvalue weighted by atomic mass is 10.2. The number of hydrogen-bond donors (Lipinski definition) is 0. The minimum atomic E-state index is 0.206. The maximum atomic E-state index is 11.4. The van der Waals surface area contributed by atoms with E-state index < -0.39 is 0 Å². The molecular weight excluding hydrogens is 184 g/mol. The highest BCUT2D eigenvalue weighted by molar-refractivity contribution is 5.84. The molecule has 1 aromatic heterocycles. The molecule has 2 rings (SSSR count). The molecule has 0 aliphatic heterocycles. The van der Waals surface area contributed by atoms with Gasteiger partial charge in [0, 0.05) is 13.0 Å². The molecule has 5 heteroatoms. The van der Waals surface area contributed by atoms with Gasteiger partial charge in [0.25, 0.3) is 0 Å². The van der Waals surface area contributed by atoms with E-state index in [9.17, 15) is 4.79 Å². The van der Waals surface area contributed by atoms with Crippen LogP contribution in [0.25, 0.3) is 0 Å². The third-order valence-corrected chi connectivity index (χ3v) is 2.14. The van der Waals surface area contributed by atoms with E-state index in [4.69, 9.17) is 9.26 Å². The van der Waals surface area contributed by atoms with Crippen molar-refractivity contribution in [2.45, 2.75) is 25.9 Å². The van der Waals surface area contributed by atoms with Gasteiger partial charge in [-0.25, -0.2) is 0 Å². The number of aromatic nitrogens is 2. The van der Waals surface area contributed by atoms with Gasteiger partial charge < -0.3 is 9.26 Å². The molecule has 14 heavy (non-hydrogen) atoms. The number of Topliss-reactive ketones (excluding diaryl/α,β-unsaturated/α-hetero) is 1. The number of hydrogen-bond acceptors (Lipinski definition) is 5. The molecule has 1 aromatic rings. The van der Waals surface area contributed by atoms with Crippen LogP contribution in [-0.2, 0) is 22.6 Å². The Morgan fingerprint density at radius 2 is 2.43 bits per heavy atom. The van der Waals surface area contributed by atoms with Crippen LogP contribution in [0.3, 0.4) is 0 Å². The van der Waals surface area contributed by atoms with Crippen LogP contribution < -0.4 is 0 Å². The van der Waals surface area contributed by atoms with Crippen molar-refractivity contribution < 1.29 is 14.1 Å². The summed E-state index contributed by atoms with van der Waals surface area (Å²) in [5, 5.41) is 3.68. The van der Waals surface area contributed by atoms with E-state index in [0.29, 0.717) is 18.3 Å². The molecule has 76 valence electrons. The van der Waals surface area contributed by atoms with Crippen LogP contribution in [-0.4, -0.2) is 23.0 Å². The quantitative estimate of drug-likeness (QED) is 0.694. The molecule has 0 unspecified atom stereocenters. The fourth-order valence-corrected chi connectivity index (χ4v) is 1.25. The maximum Gasteiger partial charge on any atom is 0.234 e. The Kier molecular flexibility index (Phi) is 2.58. The highest BCUT2D eigenvalue weighted by Crippen LogP contribution is 2.30. The van der Waals surface area contributed by atoms with Crippen LogP contribution in [0, 0.1) is 5.92 Å². The third kappa shape index (κ3) is 2.17. The van der Waals surface area contributed by atoms with Gasteiger partial charge in [-0.15, -0.1) is 0 Å². The molecule has 1 saturated carbocycles. The fourth-order valence-electron chi connectivity index (χ4n) is 1.25. The maximum absolute atomic E-state index is 11.4. The normalized spacial score (nSPS) is 15.8. The first-order valence-corrected chi connectivity index (χ1v) is 4.62. The molecule has 0 saturated heterocycles. The second kappa shape index (κ2) is 3.88. The van der Waals surface area contributed by atoms with Gasteiger partial charge in [0.1, 0.15) is 12.4 Å². The zero-order valence-corrected chi connectivity index (χ0v) is 8.02.